The number of H-pyrrole nitrogens is 1. The molecule has 2 rings (SSSR count). The van der Waals surface area contributed by atoms with Crippen LogP contribution in [0.5, 0.6) is 11.5 Å². The average molecular weight is 305 g/mol. The molecule has 1 heterocycles. The van der Waals surface area contributed by atoms with Gasteiger partial charge in [-0.25, -0.2) is 4.98 Å². The van der Waals surface area contributed by atoms with Crippen LogP contribution < -0.4 is 9.47 Å². The predicted molar refractivity (Wildman–Crippen MR) is 83.9 cm³/mol. The van der Waals surface area contributed by atoms with Crippen molar-refractivity contribution < 1.29 is 14.6 Å². The third-order valence-electron chi connectivity index (χ3n) is 3.30. The summed E-state index contributed by atoms with van der Waals surface area (Å²) in [6.07, 6.45) is 3.12. The van der Waals surface area contributed by atoms with E-state index in [4.69, 9.17) is 9.47 Å². The van der Waals surface area contributed by atoms with Gasteiger partial charge in [0.15, 0.2) is 11.5 Å². The Balaban J connectivity index is 2.12. The van der Waals surface area contributed by atoms with Gasteiger partial charge in [-0.3, -0.25) is 4.90 Å². The van der Waals surface area contributed by atoms with E-state index in [9.17, 15) is 5.11 Å². The number of ether oxygens (including phenoxy) is 2. The summed E-state index contributed by atoms with van der Waals surface area (Å²) in [5, 5.41) is 9.70. The van der Waals surface area contributed by atoms with Crippen LogP contribution in [0.15, 0.2) is 30.6 Å². The lowest BCUT2D eigenvalue weighted by molar-refractivity contribution is 0.116. The van der Waals surface area contributed by atoms with Crippen LogP contribution in [0.1, 0.15) is 18.3 Å². The molecule has 2 aromatic rings. The van der Waals surface area contributed by atoms with E-state index in [2.05, 4.69) is 14.9 Å². The van der Waals surface area contributed by atoms with Crippen molar-refractivity contribution in [3.63, 3.8) is 0 Å². The Morgan fingerprint density at radius 2 is 2.00 bits per heavy atom. The maximum Gasteiger partial charge on any atom is 0.161 e. The van der Waals surface area contributed by atoms with E-state index in [1.807, 2.05) is 18.2 Å². The van der Waals surface area contributed by atoms with Gasteiger partial charge in [0, 0.05) is 25.5 Å². The van der Waals surface area contributed by atoms with Gasteiger partial charge in [0.1, 0.15) is 5.82 Å². The van der Waals surface area contributed by atoms with Gasteiger partial charge in [-0.15, -0.1) is 0 Å². The quantitative estimate of drug-likeness (QED) is 0.778. The molecule has 1 aromatic carbocycles. The number of benzene rings is 1. The van der Waals surface area contributed by atoms with E-state index >= 15 is 0 Å². The fourth-order valence-electron chi connectivity index (χ4n) is 2.39. The summed E-state index contributed by atoms with van der Waals surface area (Å²) in [4.78, 5) is 9.46. The SMILES string of the molecule is COc1ccc(CN(Cc2ncc[nH]2)CC(C)O)cc1OC. The molecule has 0 bridgehead atoms. The highest BCUT2D eigenvalue weighted by atomic mass is 16.5. The monoisotopic (exact) mass is 305 g/mol. The van der Waals surface area contributed by atoms with Crippen LogP contribution >= 0.6 is 0 Å². The number of methoxy groups -OCH3 is 2. The number of imidazole rings is 1. The van der Waals surface area contributed by atoms with Crippen molar-refractivity contribution in [3.05, 3.63) is 42.0 Å². The molecule has 1 unspecified atom stereocenters. The summed E-state index contributed by atoms with van der Waals surface area (Å²) >= 11 is 0. The number of hydrogen-bond donors (Lipinski definition) is 2. The van der Waals surface area contributed by atoms with Crippen molar-refractivity contribution in [2.45, 2.75) is 26.1 Å². The topological polar surface area (TPSA) is 70.6 Å². The number of hydrogen-bond acceptors (Lipinski definition) is 5. The zero-order chi connectivity index (χ0) is 15.9. The fourth-order valence-corrected chi connectivity index (χ4v) is 2.39. The Kier molecular flexibility index (Phi) is 5.80. The van der Waals surface area contributed by atoms with E-state index in [1.54, 1.807) is 33.5 Å². The highest BCUT2D eigenvalue weighted by Crippen LogP contribution is 2.28. The van der Waals surface area contributed by atoms with Gasteiger partial charge < -0.3 is 19.6 Å². The zero-order valence-corrected chi connectivity index (χ0v) is 13.2. The van der Waals surface area contributed by atoms with Crippen LogP contribution in [0.4, 0.5) is 0 Å². The van der Waals surface area contributed by atoms with E-state index in [-0.39, 0.29) is 0 Å². The van der Waals surface area contributed by atoms with Crippen LogP contribution in [0.3, 0.4) is 0 Å². The summed E-state index contributed by atoms with van der Waals surface area (Å²) in [6.45, 7) is 3.68. The zero-order valence-electron chi connectivity index (χ0n) is 13.2. The van der Waals surface area contributed by atoms with Crippen LogP contribution in [0.25, 0.3) is 0 Å². The van der Waals surface area contributed by atoms with Gasteiger partial charge in [-0.1, -0.05) is 6.07 Å². The first-order valence-electron chi connectivity index (χ1n) is 7.22. The van der Waals surface area contributed by atoms with Crippen LogP contribution in [0.2, 0.25) is 0 Å². The molecular formula is C16H23N3O3. The number of aromatic amines is 1. The second-order valence-corrected chi connectivity index (χ2v) is 5.24. The molecule has 6 nitrogen and oxygen atoms in total. The van der Waals surface area contributed by atoms with Crippen molar-refractivity contribution in [1.29, 1.82) is 0 Å². The van der Waals surface area contributed by atoms with E-state index in [0.29, 0.717) is 31.1 Å². The number of aliphatic hydroxyl groups excluding tert-OH is 1. The Morgan fingerprint density at radius 1 is 1.23 bits per heavy atom. The fraction of sp³-hybridized carbons (Fsp3) is 0.438. The largest absolute Gasteiger partial charge is 0.493 e. The van der Waals surface area contributed by atoms with Gasteiger partial charge in [0.25, 0.3) is 0 Å². The third kappa shape index (κ3) is 4.47. The second-order valence-electron chi connectivity index (χ2n) is 5.24. The average Bonchev–Trinajstić information content (AvgIpc) is 2.99. The minimum absolute atomic E-state index is 0.407. The van der Waals surface area contributed by atoms with Gasteiger partial charge >= 0.3 is 0 Å². The summed E-state index contributed by atoms with van der Waals surface area (Å²) in [6, 6.07) is 5.84. The summed E-state index contributed by atoms with van der Waals surface area (Å²) < 4.78 is 10.6. The van der Waals surface area contributed by atoms with Crippen molar-refractivity contribution in [2.75, 3.05) is 20.8 Å². The smallest absolute Gasteiger partial charge is 0.161 e. The Bertz CT molecular complexity index is 570. The Labute approximate surface area is 130 Å². The van der Waals surface area contributed by atoms with Crippen LogP contribution in [-0.4, -0.2) is 46.8 Å². The maximum absolute atomic E-state index is 9.70. The highest BCUT2D eigenvalue weighted by molar-refractivity contribution is 5.42. The van der Waals surface area contributed by atoms with Gasteiger partial charge in [-0.2, -0.15) is 0 Å². The number of nitrogens with one attached hydrogen (secondary N) is 1. The normalized spacial score (nSPS) is 12.4. The van der Waals surface area contributed by atoms with E-state index in [0.717, 1.165) is 11.4 Å². The van der Waals surface area contributed by atoms with E-state index < -0.39 is 6.10 Å². The van der Waals surface area contributed by atoms with Crippen molar-refractivity contribution in [1.82, 2.24) is 14.9 Å². The second kappa shape index (κ2) is 7.82. The lowest BCUT2D eigenvalue weighted by Crippen LogP contribution is -2.30. The Morgan fingerprint density at radius 3 is 2.59 bits per heavy atom. The first-order chi connectivity index (χ1) is 10.6. The highest BCUT2D eigenvalue weighted by Gasteiger charge is 2.13. The third-order valence-corrected chi connectivity index (χ3v) is 3.30. The number of rotatable bonds is 8. The molecule has 0 fully saturated rings. The first-order valence-corrected chi connectivity index (χ1v) is 7.22. The molecule has 0 aliphatic rings. The van der Waals surface area contributed by atoms with Crippen LogP contribution in [0, 0.1) is 0 Å². The first kappa shape index (κ1) is 16.3. The number of aromatic nitrogens is 2. The molecule has 0 saturated heterocycles. The van der Waals surface area contributed by atoms with Gasteiger partial charge in [0.05, 0.1) is 26.9 Å². The molecule has 120 valence electrons. The summed E-state index contributed by atoms with van der Waals surface area (Å²) in [5.74, 6) is 2.29. The standard InChI is InChI=1S/C16H23N3O3/c1-12(20)9-19(11-16-17-6-7-18-16)10-13-4-5-14(21-2)15(8-13)22-3/h4-8,12,20H,9-11H2,1-3H3,(H,17,18). The molecule has 0 amide bonds. The molecular weight excluding hydrogens is 282 g/mol. The molecule has 0 aliphatic carbocycles. The number of nitrogens with zero attached hydrogens (tertiary/aromatic N) is 2. The molecule has 1 atom stereocenters. The van der Waals surface area contributed by atoms with Crippen molar-refractivity contribution in [3.8, 4) is 11.5 Å². The molecule has 0 saturated carbocycles. The number of aliphatic hydroxyl groups is 1. The predicted octanol–water partition coefficient (Wildman–Crippen LogP) is 1.81. The lowest BCUT2D eigenvalue weighted by atomic mass is 10.1. The summed E-state index contributed by atoms with van der Waals surface area (Å²) in [5.41, 5.74) is 1.09. The molecule has 2 N–H and O–H groups in total. The van der Waals surface area contributed by atoms with Crippen molar-refractivity contribution >= 4 is 0 Å². The molecule has 1 aromatic heterocycles. The maximum atomic E-state index is 9.70. The summed E-state index contributed by atoms with van der Waals surface area (Å²) in [7, 11) is 3.24. The molecule has 0 radical (unpaired) electrons. The van der Waals surface area contributed by atoms with Crippen LogP contribution in [-0.2, 0) is 13.1 Å². The Hall–Kier alpha value is -2.05. The van der Waals surface area contributed by atoms with Gasteiger partial charge in [-0.05, 0) is 24.6 Å². The van der Waals surface area contributed by atoms with Crippen molar-refractivity contribution in [2.24, 2.45) is 0 Å². The molecule has 0 spiro atoms. The van der Waals surface area contributed by atoms with E-state index in [1.165, 1.54) is 0 Å². The van der Waals surface area contributed by atoms with Gasteiger partial charge in [0.2, 0.25) is 0 Å². The molecule has 0 aliphatic heterocycles. The minimum Gasteiger partial charge on any atom is -0.493 e. The lowest BCUT2D eigenvalue weighted by Gasteiger charge is -2.23. The molecule has 6 heteroatoms. The minimum atomic E-state index is -0.407. The molecule has 22 heavy (non-hydrogen) atoms.